The number of nitrogen functional groups attached to an aromatic ring is 1. The van der Waals surface area contributed by atoms with Crippen molar-refractivity contribution >= 4 is 29.0 Å². The molecule has 3 nitrogen and oxygen atoms in total. The molecule has 0 atom stereocenters. The van der Waals surface area contributed by atoms with Crippen molar-refractivity contribution in [3.05, 3.63) is 46.7 Å². The van der Waals surface area contributed by atoms with Crippen molar-refractivity contribution in [3.8, 4) is 11.3 Å². The highest BCUT2D eigenvalue weighted by atomic mass is 35.5. The molecule has 0 fully saturated rings. The van der Waals surface area contributed by atoms with Crippen molar-refractivity contribution < 1.29 is 0 Å². The van der Waals surface area contributed by atoms with Crippen LogP contribution in [0.4, 0.5) is 5.82 Å². The number of allylic oxidation sites excluding steroid dienone is 1. The molecule has 0 radical (unpaired) electrons. The molecule has 1 aromatic heterocycles. The highest BCUT2D eigenvalue weighted by Crippen LogP contribution is 2.32. The van der Waals surface area contributed by atoms with Crippen LogP contribution >= 0.6 is 23.2 Å². The third-order valence-corrected chi connectivity index (χ3v) is 3.44. The third kappa shape index (κ3) is 2.84. The second kappa shape index (κ2) is 5.90. The van der Waals surface area contributed by atoms with Crippen molar-refractivity contribution in [1.29, 1.82) is 0 Å². The van der Waals surface area contributed by atoms with Gasteiger partial charge in [-0.05, 0) is 18.2 Å². The van der Waals surface area contributed by atoms with Gasteiger partial charge in [0.1, 0.15) is 17.3 Å². The molecule has 0 bridgehead atoms. The standard InChI is InChI=1S/C15H17Cl2N3/c1-4-5-20-14(18)13(19-15(20)9(2)3)10-6-11(16)8-12(17)7-10/h4,6-9H,1,5,18H2,2-3H3. The van der Waals surface area contributed by atoms with E-state index in [1.807, 2.05) is 16.7 Å². The van der Waals surface area contributed by atoms with E-state index in [9.17, 15) is 0 Å². The van der Waals surface area contributed by atoms with Gasteiger partial charge >= 0.3 is 0 Å². The maximum absolute atomic E-state index is 6.23. The van der Waals surface area contributed by atoms with Crippen molar-refractivity contribution in [3.63, 3.8) is 0 Å². The Bertz CT molecular complexity index is 625. The number of aromatic nitrogens is 2. The fourth-order valence-corrected chi connectivity index (χ4v) is 2.67. The SMILES string of the molecule is C=CCn1c(C(C)C)nc(-c2cc(Cl)cc(Cl)c2)c1N. The summed E-state index contributed by atoms with van der Waals surface area (Å²) in [6, 6.07) is 5.32. The van der Waals surface area contributed by atoms with Gasteiger partial charge < -0.3 is 10.3 Å². The van der Waals surface area contributed by atoms with Gasteiger partial charge in [0.05, 0.1) is 0 Å². The number of benzene rings is 1. The molecule has 1 aromatic carbocycles. The summed E-state index contributed by atoms with van der Waals surface area (Å²) in [6.07, 6.45) is 1.80. The molecular weight excluding hydrogens is 293 g/mol. The Morgan fingerprint density at radius 2 is 1.90 bits per heavy atom. The highest BCUT2D eigenvalue weighted by Gasteiger charge is 2.18. The maximum atomic E-state index is 6.23. The first kappa shape index (κ1) is 14.9. The van der Waals surface area contributed by atoms with Crippen molar-refractivity contribution in [2.75, 3.05) is 5.73 Å². The molecule has 0 aliphatic carbocycles. The summed E-state index contributed by atoms with van der Waals surface area (Å²) in [5.41, 5.74) is 7.76. The van der Waals surface area contributed by atoms with Crippen LogP contribution in [-0.4, -0.2) is 9.55 Å². The minimum absolute atomic E-state index is 0.264. The molecule has 0 saturated carbocycles. The average Bonchev–Trinajstić information content (AvgIpc) is 2.67. The van der Waals surface area contributed by atoms with Gasteiger partial charge in [-0.25, -0.2) is 4.98 Å². The summed E-state index contributed by atoms with van der Waals surface area (Å²) >= 11 is 12.1. The lowest BCUT2D eigenvalue weighted by Gasteiger charge is -2.09. The normalized spacial score (nSPS) is 11.1. The molecule has 0 saturated heterocycles. The van der Waals surface area contributed by atoms with Crippen LogP contribution in [0.2, 0.25) is 10.0 Å². The van der Waals surface area contributed by atoms with Crippen LogP contribution < -0.4 is 5.73 Å². The summed E-state index contributed by atoms with van der Waals surface area (Å²) in [5.74, 6) is 1.79. The number of rotatable bonds is 4. The van der Waals surface area contributed by atoms with E-state index in [4.69, 9.17) is 28.9 Å². The molecule has 20 heavy (non-hydrogen) atoms. The second-order valence-electron chi connectivity index (χ2n) is 4.92. The zero-order valence-electron chi connectivity index (χ0n) is 11.5. The van der Waals surface area contributed by atoms with E-state index in [1.165, 1.54) is 0 Å². The first-order chi connectivity index (χ1) is 9.43. The van der Waals surface area contributed by atoms with Crippen LogP contribution in [0.5, 0.6) is 0 Å². The average molecular weight is 310 g/mol. The molecule has 0 unspecified atom stereocenters. The number of nitrogens with zero attached hydrogens (tertiary/aromatic N) is 2. The molecule has 0 spiro atoms. The largest absolute Gasteiger partial charge is 0.383 e. The third-order valence-electron chi connectivity index (χ3n) is 3.00. The monoisotopic (exact) mass is 309 g/mol. The summed E-state index contributed by atoms with van der Waals surface area (Å²) in [7, 11) is 0. The first-order valence-electron chi connectivity index (χ1n) is 6.37. The Labute approximate surface area is 129 Å². The van der Waals surface area contributed by atoms with E-state index >= 15 is 0 Å². The molecule has 106 valence electrons. The summed E-state index contributed by atoms with van der Waals surface area (Å²) in [6.45, 7) is 8.55. The van der Waals surface area contributed by atoms with Crippen LogP contribution in [0.15, 0.2) is 30.9 Å². The fourth-order valence-electron chi connectivity index (χ4n) is 2.15. The minimum Gasteiger partial charge on any atom is -0.383 e. The lowest BCUT2D eigenvalue weighted by atomic mass is 10.1. The van der Waals surface area contributed by atoms with Gasteiger partial charge in [0.2, 0.25) is 0 Å². The first-order valence-corrected chi connectivity index (χ1v) is 7.13. The smallest absolute Gasteiger partial charge is 0.132 e. The number of hydrogen-bond donors (Lipinski definition) is 1. The second-order valence-corrected chi connectivity index (χ2v) is 5.79. The lowest BCUT2D eigenvalue weighted by molar-refractivity contribution is 0.684. The van der Waals surface area contributed by atoms with Gasteiger partial charge in [-0.3, -0.25) is 0 Å². The predicted molar refractivity (Wildman–Crippen MR) is 86.4 cm³/mol. The van der Waals surface area contributed by atoms with E-state index in [2.05, 4.69) is 25.4 Å². The Morgan fingerprint density at radius 1 is 1.30 bits per heavy atom. The Kier molecular flexibility index (Phi) is 4.41. The van der Waals surface area contributed by atoms with Gasteiger partial charge in [0.25, 0.3) is 0 Å². The van der Waals surface area contributed by atoms with Crippen LogP contribution in [0.25, 0.3) is 11.3 Å². The summed E-state index contributed by atoms with van der Waals surface area (Å²) < 4.78 is 1.96. The zero-order chi connectivity index (χ0) is 14.9. The van der Waals surface area contributed by atoms with Crippen LogP contribution in [0.1, 0.15) is 25.6 Å². The van der Waals surface area contributed by atoms with Crippen LogP contribution in [0.3, 0.4) is 0 Å². The fraction of sp³-hybridized carbons (Fsp3) is 0.267. The molecule has 0 amide bonds. The molecule has 1 heterocycles. The van der Waals surface area contributed by atoms with E-state index in [1.54, 1.807) is 12.1 Å². The van der Waals surface area contributed by atoms with E-state index < -0.39 is 0 Å². The molecule has 0 aliphatic rings. The lowest BCUT2D eigenvalue weighted by Crippen LogP contribution is -2.07. The Morgan fingerprint density at radius 3 is 2.40 bits per heavy atom. The van der Waals surface area contributed by atoms with Crippen LogP contribution in [-0.2, 0) is 6.54 Å². The quantitative estimate of drug-likeness (QED) is 0.828. The number of imidazole rings is 1. The number of anilines is 1. The number of nitrogens with two attached hydrogens (primary N) is 1. The summed E-state index contributed by atoms with van der Waals surface area (Å²) in [5, 5.41) is 1.13. The number of hydrogen-bond acceptors (Lipinski definition) is 2. The van der Waals surface area contributed by atoms with Crippen molar-refractivity contribution in [1.82, 2.24) is 9.55 Å². The van der Waals surface area contributed by atoms with E-state index in [0.29, 0.717) is 28.1 Å². The van der Waals surface area contributed by atoms with Crippen LogP contribution in [0, 0.1) is 0 Å². The summed E-state index contributed by atoms with van der Waals surface area (Å²) in [4.78, 5) is 4.65. The van der Waals surface area contributed by atoms with Gasteiger partial charge in [0, 0.05) is 28.1 Å². The Hall–Kier alpha value is -1.45. The van der Waals surface area contributed by atoms with Crippen molar-refractivity contribution in [2.24, 2.45) is 0 Å². The van der Waals surface area contributed by atoms with Gasteiger partial charge in [-0.1, -0.05) is 43.1 Å². The zero-order valence-corrected chi connectivity index (χ0v) is 13.0. The molecule has 2 rings (SSSR count). The molecule has 0 aliphatic heterocycles. The maximum Gasteiger partial charge on any atom is 0.132 e. The predicted octanol–water partition coefficient (Wildman–Crippen LogP) is 4.75. The number of halogens is 2. The van der Waals surface area contributed by atoms with E-state index in [0.717, 1.165) is 11.4 Å². The van der Waals surface area contributed by atoms with Crippen molar-refractivity contribution in [2.45, 2.75) is 26.3 Å². The minimum atomic E-state index is 0.264. The van der Waals surface area contributed by atoms with Gasteiger partial charge in [0.15, 0.2) is 0 Å². The Balaban J connectivity index is 2.62. The van der Waals surface area contributed by atoms with E-state index in [-0.39, 0.29) is 5.92 Å². The van der Waals surface area contributed by atoms with Gasteiger partial charge in [-0.2, -0.15) is 0 Å². The molecule has 5 heteroatoms. The molecular formula is C15H17Cl2N3. The molecule has 2 N–H and O–H groups in total. The topological polar surface area (TPSA) is 43.8 Å². The van der Waals surface area contributed by atoms with Gasteiger partial charge in [-0.15, -0.1) is 6.58 Å². The highest BCUT2D eigenvalue weighted by molar-refractivity contribution is 6.35. The molecule has 2 aromatic rings.